The van der Waals surface area contributed by atoms with E-state index in [9.17, 15) is 9.59 Å². The van der Waals surface area contributed by atoms with Crippen molar-refractivity contribution in [3.05, 3.63) is 0 Å². The molecule has 4 N–H and O–H groups in total. The van der Waals surface area contributed by atoms with Gasteiger partial charge in [-0.1, -0.05) is 0 Å². The Labute approximate surface area is 56.8 Å². The topological polar surface area (TPSA) is 104 Å². The smallest absolute Gasteiger partial charge is 0.315 e. The van der Waals surface area contributed by atoms with E-state index in [0.717, 1.165) is 0 Å². The van der Waals surface area contributed by atoms with Crippen molar-refractivity contribution in [3.63, 3.8) is 0 Å². The number of nitrogens with zero attached hydrogens (tertiary/aromatic N) is 1. The van der Waals surface area contributed by atoms with E-state index < -0.39 is 25.3 Å². The van der Waals surface area contributed by atoms with Gasteiger partial charge in [-0.3, -0.25) is 14.5 Å². The van der Waals surface area contributed by atoms with Crippen LogP contribution in [0.3, 0.4) is 0 Å². The van der Waals surface area contributed by atoms with Gasteiger partial charge in [0.2, 0.25) is 0 Å². The summed E-state index contributed by atoms with van der Waals surface area (Å²) in [6.07, 6.45) is 0. The van der Waals surface area contributed by atoms with Crippen molar-refractivity contribution in [2.24, 2.45) is 5.73 Å². The summed E-state index contributed by atoms with van der Waals surface area (Å²) < 4.78 is 0. The molecule has 0 rings (SSSR count). The van der Waals surface area contributed by atoms with Gasteiger partial charge in [-0.05, 0) is 0 Å². The summed E-state index contributed by atoms with van der Waals surface area (Å²) in [6.45, 7) is -1.45. The van der Waals surface area contributed by atoms with Crippen molar-refractivity contribution in [1.82, 2.24) is 4.90 Å². The molecule has 0 saturated carbocycles. The van der Waals surface area contributed by atoms with Crippen LogP contribution in [0.1, 0.15) is 0 Å². The lowest BCUT2D eigenvalue weighted by molar-refractivity contribution is -0.150. The van der Waals surface area contributed by atoms with E-state index in [2.05, 4.69) is 5.73 Å². The van der Waals surface area contributed by atoms with Gasteiger partial charge in [0.1, 0.15) is 13.5 Å². The zero-order valence-corrected chi connectivity index (χ0v) is 5.15. The molecule has 0 aliphatic carbocycles. The summed E-state index contributed by atoms with van der Waals surface area (Å²) in [5, 5.41) is 16.6. The lowest BCUT2D eigenvalue weighted by atomic mass is 10.5. The van der Waals surface area contributed by atoms with Crippen LogP contribution in [-0.2, 0) is 9.59 Å². The summed E-state index contributed by atoms with van der Waals surface area (Å²) in [6, 6.07) is 0. The molecule has 0 aromatic carbocycles. The van der Waals surface area contributed by atoms with Gasteiger partial charge in [-0.2, -0.15) is 0 Å². The van der Waals surface area contributed by atoms with E-state index >= 15 is 0 Å². The van der Waals surface area contributed by atoms with Gasteiger partial charge in [0, 0.05) is 0 Å². The van der Waals surface area contributed by atoms with Crippen LogP contribution in [0.5, 0.6) is 0 Å². The first kappa shape index (κ1) is 8.86. The molecule has 0 aliphatic rings. The predicted octanol–water partition coefficient (Wildman–Crippen LogP) is -2.80. The fraction of sp³-hybridized carbons (Fsp3) is 0.500. The lowest BCUT2D eigenvalue weighted by Gasteiger charge is -2.13. The Morgan fingerprint density at radius 1 is 1.30 bits per heavy atom. The van der Waals surface area contributed by atoms with Crippen LogP contribution >= 0.6 is 0 Å². The Hall–Kier alpha value is -1.14. The number of aliphatic hydroxyl groups excluding tert-OH is 2. The van der Waals surface area contributed by atoms with E-state index in [4.69, 9.17) is 10.2 Å². The Bertz CT molecular complexity index is 142. The molecule has 6 heteroatoms. The average Bonchev–Trinajstić information content (AvgIpc) is 1.90. The van der Waals surface area contributed by atoms with E-state index in [1.165, 1.54) is 0 Å². The predicted molar refractivity (Wildman–Crippen MR) is 30.2 cm³/mol. The molecule has 0 atom stereocenters. The van der Waals surface area contributed by atoms with E-state index in [1.54, 1.807) is 0 Å². The van der Waals surface area contributed by atoms with Gasteiger partial charge in [0.15, 0.2) is 0 Å². The highest BCUT2D eigenvalue weighted by Gasteiger charge is 2.16. The molecule has 0 fully saturated rings. The molecule has 0 aliphatic heterocycles. The Morgan fingerprint density at radius 3 is 1.80 bits per heavy atom. The van der Waals surface area contributed by atoms with Crippen LogP contribution in [0, 0.1) is 0 Å². The fourth-order valence-corrected chi connectivity index (χ4v) is 0.329. The number of primary amides is 1. The highest BCUT2D eigenvalue weighted by molar-refractivity contribution is 6.34. The number of hydrogen-bond donors (Lipinski definition) is 3. The van der Waals surface area contributed by atoms with Gasteiger partial charge in [0.25, 0.3) is 0 Å². The number of hydrogen-bond acceptors (Lipinski definition) is 4. The van der Waals surface area contributed by atoms with Crippen LogP contribution in [0.2, 0.25) is 0 Å². The minimum atomic E-state index is -1.21. The van der Waals surface area contributed by atoms with Crippen LogP contribution < -0.4 is 5.73 Å². The van der Waals surface area contributed by atoms with Crippen LogP contribution in [0.25, 0.3) is 0 Å². The highest BCUT2D eigenvalue weighted by atomic mass is 16.3. The van der Waals surface area contributed by atoms with Crippen molar-refractivity contribution in [2.45, 2.75) is 0 Å². The van der Waals surface area contributed by atoms with Gasteiger partial charge in [-0.15, -0.1) is 0 Å². The number of aliphatic hydroxyl groups is 2. The molecule has 6 nitrogen and oxygen atoms in total. The second kappa shape index (κ2) is 3.80. The maximum Gasteiger partial charge on any atom is 0.315 e. The molecule has 0 radical (unpaired) electrons. The molecule has 0 aromatic heterocycles. The third-order valence-electron chi connectivity index (χ3n) is 0.839. The Balaban J connectivity index is 4.02. The molecular weight excluding hydrogens is 140 g/mol. The number of nitrogens with two attached hydrogens (primary N) is 1. The molecule has 0 unspecified atom stereocenters. The first-order valence-corrected chi connectivity index (χ1v) is 2.44. The van der Waals surface area contributed by atoms with Gasteiger partial charge < -0.3 is 15.9 Å². The second-order valence-electron chi connectivity index (χ2n) is 1.49. The standard InChI is InChI=1S/C4H8N2O4/c5-3(9)4(10)6(1-7)2-8/h7-8H,1-2H2,(H2,5,9). The first-order valence-electron chi connectivity index (χ1n) is 2.44. The minimum Gasteiger partial charge on any atom is -0.376 e. The summed E-state index contributed by atoms with van der Waals surface area (Å²) >= 11 is 0. The van der Waals surface area contributed by atoms with Crippen molar-refractivity contribution in [2.75, 3.05) is 13.5 Å². The zero-order chi connectivity index (χ0) is 8.15. The number of carbonyl (C=O) groups is 2. The maximum absolute atomic E-state index is 10.4. The largest absolute Gasteiger partial charge is 0.376 e. The number of rotatable bonds is 2. The molecule has 10 heavy (non-hydrogen) atoms. The molecule has 2 amide bonds. The highest BCUT2D eigenvalue weighted by Crippen LogP contribution is 1.83. The molecule has 0 heterocycles. The third-order valence-corrected chi connectivity index (χ3v) is 0.839. The second-order valence-corrected chi connectivity index (χ2v) is 1.49. The molecule has 58 valence electrons. The van der Waals surface area contributed by atoms with Gasteiger partial charge in [0.05, 0.1) is 0 Å². The SMILES string of the molecule is NC(=O)C(=O)N(CO)CO. The van der Waals surface area contributed by atoms with Crippen molar-refractivity contribution in [3.8, 4) is 0 Å². The van der Waals surface area contributed by atoms with Crippen molar-refractivity contribution in [1.29, 1.82) is 0 Å². The van der Waals surface area contributed by atoms with Crippen molar-refractivity contribution < 1.29 is 19.8 Å². The van der Waals surface area contributed by atoms with Crippen LogP contribution in [-0.4, -0.2) is 40.4 Å². The average molecular weight is 148 g/mol. The molecule has 0 saturated heterocycles. The summed E-state index contributed by atoms with van der Waals surface area (Å²) in [7, 11) is 0. The maximum atomic E-state index is 10.4. The van der Waals surface area contributed by atoms with Crippen LogP contribution in [0.15, 0.2) is 0 Å². The van der Waals surface area contributed by atoms with Gasteiger partial charge in [-0.25, -0.2) is 0 Å². The molecule has 0 bridgehead atoms. The van der Waals surface area contributed by atoms with Gasteiger partial charge >= 0.3 is 11.8 Å². The Morgan fingerprint density at radius 2 is 1.70 bits per heavy atom. The number of amides is 2. The Kier molecular flexibility index (Phi) is 3.37. The van der Waals surface area contributed by atoms with Crippen LogP contribution in [0.4, 0.5) is 0 Å². The summed E-state index contributed by atoms with van der Waals surface area (Å²) in [4.78, 5) is 21.0. The van der Waals surface area contributed by atoms with E-state index in [0.29, 0.717) is 4.90 Å². The lowest BCUT2D eigenvalue weighted by Crippen LogP contribution is -2.41. The van der Waals surface area contributed by atoms with E-state index in [-0.39, 0.29) is 0 Å². The minimum absolute atomic E-state index is 0.488. The summed E-state index contributed by atoms with van der Waals surface area (Å²) in [5.74, 6) is -2.31. The monoisotopic (exact) mass is 148 g/mol. The zero-order valence-electron chi connectivity index (χ0n) is 5.15. The quantitative estimate of drug-likeness (QED) is 0.290. The molecule has 0 aromatic rings. The van der Waals surface area contributed by atoms with Crippen molar-refractivity contribution >= 4 is 11.8 Å². The first-order chi connectivity index (χ1) is 4.63. The van der Waals surface area contributed by atoms with E-state index in [1.807, 2.05) is 0 Å². The summed E-state index contributed by atoms with van der Waals surface area (Å²) in [5.41, 5.74) is 4.54. The molecule has 0 spiro atoms. The third kappa shape index (κ3) is 2.00. The fourth-order valence-electron chi connectivity index (χ4n) is 0.329. The normalized spacial score (nSPS) is 9.00. The number of carbonyl (C=O) groups excluding carboxylic acids is 2. The molecular formula is C4H8N2O4.